The molecule has 0 bridgehead atoms. The van der Waals surface area contributed by atoms with Gasteiger partial charge in [-0.2, -0.15) is 27.8 Å². The van der Waals surface area contributed by atoms with Gasteiger partial charge in [-0.25, -0.2) is 0 Å². The van der Waals surface area contributed by atoms with Crippen LogP contribution in [-0.4, -0.2) is 17.2 Å². The van der Waals surface area contributed by atoms with Crippen LogP contribution in [0.3, 0.4) is 0 Å². The molecule has 0 aliphatic rings. The third-order valence-corrected chi connectivity index (χ3v) is 6.02. The molecular weight excluding hydrogens is 526 g/mol. The van der Waals surface area contributed by atoms with Crippen LogP contribution in [0, 0.1) is 34.6 Å². The van der Waals surface area contributed by atoms with E-state index in [-0.39, 0.29) is 0 Å². The van der Waals surface area contributed by atoms with E-state index in [4.69, 9.17) is 19.2 Å². The molecule has 0 spiro atoms. The number of halogens is 2. The van der Waals surface area contributed by atoms with Crippen LogP contribution in [-0.2, 0) is 15.7 Å². The van der Waals surface area contributed by atoms with E-state index in [0.717, 1.165) is 12.3 Å². The maximum atomic E-state index is 9.38. The summed E-state index contributed by atoms with van der Waals surface area (Å²) in [4.78, 5) is 9.38. The monoisotopic (exact) mass is 560 g/mol. The summed E-state index contributed by atoms with van der Waals surface area (Å²) in [6, 6.07) is 0. The zero-order valence-corrected chi connectivity index (χ0v) is 20.5. The van der Waals surface area contributed by atoms with Crippen LogP contribution in [0.1, 0.15) is 67.3 Å². The van der Waals surface area contributed by atoms with Crippen molar-refractivity contribution in [1.29, 1.82) is 0 Å². The van der Waals surface area contributed by atoms with Crippen molar-refractivity contribution in [2.24, 2.45) is 0 Å². The normalized spacial score (nSPS) is 10.2. The van der Waals surface area contributed by atoms with E-state index in [2.05, 4.69) is 48.5 Å². The van der Waals surface area contributed by atoms with E-state index in [1.54, 1.807) is 0 Å². The average molecular weight is 561 g/mol. The SMILES string of the molecule is CCCCP(O)CCCC.Cc1c(C)c(C)[c-](C)c1C.[Cl][Ir+][Cl]. The van der Waals surface area contributed by atoms with Crippen LogP contribution in [0.2, 0.25) is 0 Å². The fraction of sp³-hybridized carbons (Fsp3) is 0.722. The van der Waals surface area contributed by atoms with Gasteiger partial charge in [-0.3, -0.25) is 0 Å². The van der Waals surface area contributed by atoms with E-state index in [1.165, 1.54) is 53.5 Å². The molecule has 0 aromatic heterocycles. The third-order valence-electron chi connectivity index (χ3n) is 4.35. The summed E-state index contributed by atoms with van der Waals surface area (Å²) in [5.74, 6) is 0. The first-order valence-electron chi connectivity index (χ1n) is 8.25. The van der Waals surface area contributed by atoms with Gasteiger partial charge in [0.25, 0.3) is 0 Å². The van der Waals surface area contributed by atoms with E-state index in [0.29, 0.717) is 0 Å². The Morgan fingerprint density at radius 1 is 0.913 bits per heavy atom. The molecule has 1 nitrogen and oxygen atoms in total. The van der Waals surface area contributed by atoms with Gasteiger partial charge >= 0.3 is 34.8 Å². The number of hydrogen-bond acceptors (Lipinski definition) is 1. The molecule has 1 aromatic carbocycles. The fourth-order valence-corrected chi connectivity index (χ4v) is 3.79. The third kappa shape index (κ3) is 12.0. The van der Waals surface area contributed by atoms with Gasteiger partial charge in [0, 0.05) is 8.15 Å². The molecule has 23 heavy (non-hydrogen) atoms. The summed E-state index contributed by atoms with van der Waals surface area (Å²) >= 11 is -0.556. The first-order chi connectivity index (χ1) is 10.8. The Balaban J connectivity index is 0. The van der Waals surface area contributed by atoms with Gasteiger partial charge in [0.2, 0.25) is 0 Å². The number of hydrogen-bond donors (Lipinski definition) is 1. The zero-order chi connectivity index (χ0) is 18.4. The first kappa shape index (κ1) is 26.2. The van der Waals surface area contributed by atoms with Gasteiger partial charge in [0.1, 0.15) is 0 Å². The molecule has 0 aliphatic heterocycles. The Bertz CT molecular complexity index is 320. The van der Waals surface area contributed by atoms with E-state index >= 15 is 0 Å². The van der Waals surface area contributed by atoms with Crippen LogP contribution in [0.4, 0.5) is 0 Å². The second-order valence-corrected chi connectivity index (χ2v) is 11.2. The molecule has 0 atom stereocenters. The van der Waals surface area contributed by atoms with Crippen molar-refractivity contribution in [2.75, 3.05) is 12.3 Å². The molecule has 1 rings (SSSR count). The van der Waals surface area contributed by atoms with E-state index in [9.17, 15) is 4.89 Å². The molecule has 0 aliphatic carbocycles. The predicted molar refractivity (Wildman–Crippen MR) is 106 cm³/mol. The van der Waals surface area contributed by atoms with Gasteiger partial charge in [0.05, 0.1) is 0 Å². The Labute approximate surface area is 161 Å². The van der Waals surface area contributed by atoms with Crippen LogP contribution in [0.15, 0.2) is 0 Å². The molecule has 1 N–H and O–H groups in total. The fourth-order valence-electron chi connectivity index (χ4n) is 2.20. The Kier molecular flexibility index (Phi) is 18.7. The molecule has 0 saturated carbocycles. The summed E-state index contributed by atoms with van der Waals surface area (Å²) in [5, 5.41) is 0. The molecule has 0 unspecified atom stereocenters. The van der Waals surface area contributed by atoms with Gasteiger partial charge in [0.15, 0.2) is 0 Å². The summed E-state index contributed by atoms with van der Waals surface area (Å²) in [7, 11) is 9.19. The second kappa shape index (κ2) is 16.4. The van der Waals surface area contributed by atoms with Crippen molar-refractivity contribution in [1.82, 2.24) is 0 Å². The van der Waals surface area contributed by atoms with Crippen molar-refractivity contribution in [3.63, 3.8) is 0 Å². The van der Waals surface area contributed by atoms with Crippen molar-refractivity contribution in [3.8, 4) is 0 Å². The minimum atomic E-state index is -0.592. The minimum absolute atomic E-state index is 0.556. The zero-order valence-electron chi connectivity index (χ0n) is 15.7. The molecule has 140 valence electrons. The van der Waals surface area contributed by atoms with E-state index in [1.807, 2.05) is 0 Å². The second-order valence-electron chi connectivity index (χ2n) is 5.83. The number of rotatable bonds is 6. The van der Waals surface area contributed by atoms with Crippen molar-refractivity contribution in [2.45, 2.75) is 74.1 Å². The van der Waals surface area contributed by atoms with Gasteiger partial charge in [-0.05, 0) is 25.2 Å². The van der Waals surface area contributed by atoms with Crippen LogP contribution >= 0.6 is 27.3 Å². The molecule has 0 amide bonds. The topological polar surface area (TPSA) is 20.2 Å². The van der Waals surface area contributed by atoms with Gasteiger partial charge in [-0.1, -0.05) is 61.3 Å². The molecular formula is C18H34Cl2IrOP. The molecule has 0 radical (unpaired) electrons. The molecule has 5 heteroatoms. The average Bonchev–Trinajstić information content (AvgIpc) is 2.70. The van der Waals surface area contributed by atoms with Crippen molar-refractivity contribution in [3.05, 3.63) is 27.8 Å². The Hall–Kier alpha value is 0.969. The standard InChI is InChI=1S/C10H15.C8H19OP.2ClH.Ir/c1-6-7(2)9(4)10(5)8(6)3;1-3-5-7-10(9)8-6-4-2;;;/h1-5H3;9H,3-8H2,1-2H3;2*1H;/q-1;;;;+3/p-2. The number of unbranched alkanes of at least 4 members (excludes halogenated alkanes) is 2. The summed E-state index contributed by atoms with van der Waals surface area (Å²) in [5.41, 5.74) is 7.34. The predicted octanol–water partition coefficient (Wildman–Crippen LogP) is 7.30. The van der Waals surface area contributed by atoms with E-state index < -0.39 is 23.8 Å². The van der Waals surface area contributed by atoms with Gasteiger partial charge in [-0.15, -0.1) is 0 Å². The van der Waals surface area contributed by atoms with Gasteiger partial charge < -0.3 is 4.89 Å². The first-order valence-corrected chi connectivity index (χ1v) is 15.8. The molecule has 0 fully saturated rings. The van der Waals surface area contributed by atoms with Crippen LogP contribution < -0.4 is 0 Å². The Morgan fingerprint density at radius 3 is 1.39 bits per heavy atom. The molecule has 0 saturated heterocycles. The quantitative estimate of drug-likeness (QED) is 0.286. The summed E-state index contributed by atoms with van der Waals surface area (Å²) < 4.78 is 0. The summed E-state index contributed by atoms with van der Waals surface area (Å²) in [6.07, 6.45) is 6.95. The molecule has 0 heterocycles. The van der Waals surface area contributed by atoms with Crippen LogP contribution in [0.25, 0.3) is 0 Å². The van der Waals surface area contributed by atoms with Crippen molar-refractivity contribution < 1.29 is 20.6 Å². The maximum absolute atomic E-state index is 9.38. The summed E-state index contributed by atoms with van der Waals surface area (Å²) in [6.45, 7) is 15.3. The van der Waals surface area contributed by atoms with Crippen molar-refractivity contribution >= 4 is 27.3 Å². The molecule has 1 aromatic rings. The Morgan fingerprint density at radius 2 is 1.22 bits per heavy atom. The van der Waals surface area contributed by atoms with Crippen LogP contribution in [0.5, 0.6) is 0 Å².